The monoisotopic (exact) mass is 389 g/mol. The van der Waals surface area contributed by atoms with E-state index >= 15 is 0 Å². The predicted molar refractivity (Wildman–Crippen MR) is 113 cm³/mol. The first-order valence-corrected chi connectivity index (χ1v) is 9.73. The fraction of sp³-hybridized carbons (Fsp3) is 0.250. The van der Waals surface area contributed by atoms with E-state index in [-0.39, 0.29) is 5.56 Å². The third-order valence-electron chi connectivity index (χ3n) is 5.73. The molecule has 2 aromatic carbocycles. The Hall–Kier alpha value is -3.34. The minimum Gasteiger partial charge on any atom is -0.496 e. The van der Waals surface area contributed by atoms with Crippen LogP contribution in [0.4, 0.5) is 0 Å². The number of ether oxygens (including phenoxy) is 1. The Bertz CT molecular complexity index is 1190. The van der Waals surface area contributed by atoms with Gasteiger partial charge in [0.2, 0.25) is 0 Å². The SMILES string of the molecule is CCc1c2c(cc(-c3ccccc3C)c1OC)-c1cc(=O)c(C(=O)O)cn1CC2. The van der Waals surface area contributed by atoms with Gasteiger partial charge in [0.1, 0.15) is 11.3 Å². The Morgan fingerprint density at radius 2 is 1.93 bits per heavy atom. The van der Waals surface area contributed by atoms with Gasteiger partial charge in [-0.2, -0.15) is 0 Å². The van der Waals surface area contributed by atoms with Crippen LogP contribution in [0.25, 0.3) is 22.4 Å². The fourth-order valence-corrected chi connectivity index (χ4v) is 4.34. The van der Waals surface area contributed by atoms with Crippen LogP contribution in [0.5, 0.6) is 5.75 Å². The van der Waals surface area contributed by atoms with Crippen molar-refractivity contribution in [3.8, 4) is 28.1 Å². The van der Waals surface area contributed by atoms with Gasteiger partial charge in [0.05, 0.1) is 12.8 Å². The molecule has 0 atom stereocenters. The summed E-state index contributed by atoms with van der Waals surface area (Å²) >= 11 is 0. The summed E-state index contributed by atoms with van der Waals surface area (Å²) in [6.07, 6.45) is 3.03. The molecule has 3 aromatic rings. The maximum atomic E-state index is 12.4. The molecule has 0 aliphatic carbocycles. The van der Waals surface area contributed by atoms with Crippen molar-refractivity contribution in [3.63, 3.8) is 0 Å². The molecule has 4 rings (SSSR count). The van der Waals surface area contributed by atoms with Crippen molar-refractivity contribution < 1.29 is 14.6 Å². The Labute approximate surface area is 169 Å². The molecule has 0 amide bonds. The van der Waals surface area contributed by atoms with Crippen LogP contribution >= 0.6 is 0 Å². The second-order valence-electron chi connectivity index (χ2n) is 7.32. The van der Waals surface area contributed by atoms with Crippen LogP contribution in [-0.2, 0) is 19.4 Å². The molecule has 0 unspecified atom stereocenters. The van der Waals surface area contributed by atoms with Crippen molar-refractivity contribution in [3.05, 3.63) is 75.1 Å². The summed E-state index contributed by atoms with van der Waals surface area (Å²) in [6, 6.07) is 11.7. The topological polar surface area (TPSA) is 68.5 Å². The van der Waals surface area contributed by atoms with Crippen LogP contribution in [0.2, 0.25) is 0 Å². The normalized spacial score (nSPS) is 12.2. The summed E-state index contributed by atoms with van der Waals surface area (Å²) in [5.41, 5.74) is 6.60. The zero-order chi connectivity index (χ0) is 20.7. The minimum atomic E-state index is -1.19. The summed E-state index contributed by atoms with van der Waals surface area (Å²) in [5, 5.41) is 9.31. The highest BCUT2D eigenvalue weighted by Crippen LogP contribution is 2.43. The summed E-state index contributed by atoms with van der Waals surface area (Å²) in [5.74, 6) is -0.320. The number of carbonyl (C=O) groups is 1. The summed E-state index contributed by atoms with van der Waals surface area (Å²) in [7, 11) is 1.70. The number of hydrogen-bond donors (Lipinski definition) is 1. The van der Waals surface area contributed by atoms with E-state index in [9.17, 15) is 14.7 Å². The second kappa shape index (κ2) is 7.24. The lowest BCUT2D eigenvalue weighted by molar-refractivity contribution is 0.0694. The summed E-state index contributed by atoms with van der Waals surface area (Å²) in [4.78, 5) is 23.8. The Balaban J connectivity index is 2.05. The number of rotatable bonds is 4. The number of carboxylic acids is 1. The zero-order valence-corrected chi connectivity index (χ0v) is 16.8. The van der Waals surface area contributed by atoms with Crippen LogP contribution in [0.15, 0.2) is 47.4 Å². The number of aromatic nitrogens is 1. The maximum absolute atomic E-state index is 12.4. The molecule has 29 heavy (non-hydrogen) atoms. The number of hydrogen-bond acceptors (Lipinski definition) is 3. The maximum Gasteiger partial charge on any atom is 0.341 e. The number of methoxy groups -OCH3 is 1. The first-order valence-electron chi connectivity index (χ1n) is 9.73. The van der Waals surface area contributed by atoms with E-state index in [1.807, 2.05) is 16.7 Å². The molecule has 2 heterocycles. The van der Waals surface area contributed by atoms with Gasteiger partial charge in [-0.1, -0.05) is 31.2 Å². The molecule has 0 saturated heterocycles. The lowest BCUT2D eigenvalue weighted by Crippen LogP contribution is -2.22. The van der Waals surface area contributed by atoms with E-state index in [1.165, 1.54) is 17.8 Å². The number of aryl methyl sites for hydroxylation is 2. The third kappa shape index (κ3) is 3.03. The van der Waals surface area contributed by atoms with Crippen LogP contribution < -0.4 is 10.2 Å². The Morgan fingerprint density at radius 3 is 2.59 bits per heavy atom. The van der Waals surface area contributed by atoms with Gasteiger partial charge >= 0.3 is 5.97 Å². The molecule has 0 spiro atoms. The highest BCUT2D eigenvalue weighted by molar-refractivity contribution is 5.88. The lowest BCUT2D eigenvalue weighted by atomic mass is 9.86. The summed E-state index contributed by atoms with van der Waals surface area (Å²) < 4.78 is 7.73. The van der Waals surface area contributed by atoms with E-state index in [0.717, 1.165) is 52.1 Å². The smallest absolute Gasteiger partial charge is 0.341 e. The molecule has 1 aromatic heterocycles. The zero-order valence-electron chi connectivity index (χ0n) is 16.8. The van der Waals surface area contributed by atoms with Crippen molar-refractivity contribution in [1.82, 2.24) is 4.57 Å². The second-order valence-corrected chi connectivity index (χ2v) is 7.32. The largest absolute Gasteiger partial charge is 0.496 e. The van der Waals surface area contributed by atoms with Crippen LogP contribution in [-0.4, -0.2) is 22.8 Å². The number of pyridine rings is 1. The number of benzene rings is 2. The highest BCUT2D eigenvalue weighted by atomic mass is 16.5. The van der Waals surface area contributed by atoms with E-state index in [2.05, 4.69) is 32.0 Å². The van der Waals surface area contributed by atoms with Gasteiger partial charge < -0.3 is 14.4 Å². The molecule has 5 nitrogen and oxygen atoms in total. The predicted octanol–water partition coefficient (Wildman–Crippen LogP) is 4.32. The van der Waals surface area contributed by atoms with Crippen LogP contribution in [0.3, 0.4) is 0 Å². The van der Waals surface area contributed by atoms with Gasteiger partial charge in [0.15, 0.2) is 5.43 Å². The number of carboxylic acid groups (broad SMARTS) is 1. The molecular formula is C24H23NO4. The van der Waals surface area contributed by atoms with Crippen LogP contribution in [0, 0.1) is 6.92 Å². The molecule has 1 aliphatic rings. The minimum absolute atomic E-state index is 0.194. The quantitative estimate of drug-likeness (QED) is 0.722. The number of nitrogens with zero attached hydrogens (tertiary/aromatic N) is 1. The first kappa shape index (κ1) is 19.0. The van der Waals surface area contributed by atoms with E-state index in [4.69, 9.17) is 4.74 Å². The number of aromatic carboxylic acids is 1. The average molecular weight is 389 g/mol. The van der Waals surface area contributed by atoms with Gasteiger partial charge in [-0.25, -0.2) is 4.79 Å². The molecule has 0 bridgehead atoms. The molecule has 148 valence electrons. The van der Waals surface area contributed by atoms with Crippen LogP contribution in [0.1, 0.15) is 34.0 Å². The molecular weight excluding hydrogens is 366 g/mol. The van der Waals surface area contributed by atoms with Gasteiger partial charge in [-0.05, 0) is 48.1 Å². The number of fused-ring (bicyclic) bond motifs is 3. The van der Waals surface area contributed by atoms with E-state index < -0.39 is 11.4 Å². The van der Waals surface area contributed by atoms with Crippen molar-refractivity contribution >= 4 is 5.97 Å². The lowest BCUT2D eigenvalue weighted by Gasteiger charge is -2.28. The molecule has 1 N–H and O–H groups in total. The van der Waals surface area contributed by atoms with Crippen molar-refractivity contribution in [2.75, 3.05) is 7.11 Å². The average Bonchev–Trinajstić information content (AvgIpc) is 2.71. The Morgan fingerprint density at radius 1 is 1.17 bits per heavy atom. The van der Waals surface area contributed by atoms with Crippen molar-refractivity contribution in [2.45, 2.75) is 33.2 Å². The molecule has 1 aliphatic heterocycles. The van der Waals surface area contributed by atoms with Gasteiger partial charge in [0, 0.05) is 29.9 Å². The standard InChI is InChI=1S/C24H23NO4/c1-4-15-17-9-10-25-13-20(24(27)28)22(26)12-21(25)18(17)11-19(23(15)29-3)16-8-6-5-7-14(16)2/h5-8,11-13H,4,9-10H2,1-3H3,(H,27,28). The molecule has 0 saturated carbocycles. The van der Waals surface area contributed by atoms with Gasteiger partial charge in [-0.3, -0.25) is 4.79 Å². The van der Waals surface area contributed by atoms with Crippen molar-refractivity contribution in [2.24, 2.45) is 0 Å². The van der Waals surface area contributed by atoms with E-state index in [1.54, 1.807) is 7.11 Å². The summed E-state index contributed by atoms with van der Waals surface area (Å²) in [6.45, 7) is 4.80. The molecule has 0 fully saturated rings. The third-order valence-corrected chi connectivity index (χ3v) is 5.73. The highest BCUT2D eigenvalue weighted by Gasteiger charge is 2.25. The van der Waals surface area contributed by atoms with Gasteiger partial charge in [0.25, 0.3) is 0 Å². The van der Waals surface area contributed by atoms with E-state index in [0.29, 0.717) is 6.54 Å². The molecule has 5 heteroatoms. The first-order chi connectivity index (χ1) is 14.0. The fourth-order valence-electron chi connectivity index (χ4n) is 4.34. The molecule has 0 radical (unpaired) electrons. The Kier molecular flexibility index (Phi) is 4.74. The van der Waals surface area contributed by atoms with Gasteiger partial charge in [-0.15, -0.1) is 0 Å². The van der Waals surface area contributed by atoms with Crippen molar-refractivity contribution in [1.29, 1.82) is 0 Å².